The zero-order valence-electron chi connectivity index (χ0n) is 17.4. The molecule has 156 valence electrons. The van der Waals surface area contributed by atoms with E-state index in [4.69, 9.17) is 4.74 Å². The maximum atomic E-state index is 12.7. The number of rotatable bonds is 8. The van der Waals surface area contributed by atoms with Gasteiger partial charge in [-0.3, -0.25) is 9.59 Å². The van der Waals surface area contributed by atoms with Crippen molar-refractivity contribution in [2.24, 2.45) is 5.92 Å². The molecule has 0 spiro atoms. The Kier molecular flexibility index (Phi) is 6.85. The maximum absolute atomic E-state index is 12.7. The zero-order chi connectivity index (χ0) is 21.5. The molecule has 7 nitrogen and oxygen atoms in total. The van der Waals surface area contributed by atoms with Crippen molar-refractivity contribution in [3.05, 3.63) is 71.9 Å². The van der Waals surface area contributed by atoms with Crippen LogP contribution in [0.1, 0.15) is 36.8 Å². The molecule has 2 aromatic carbocycles. The lowest BCUT2D eigenvalue weighted by Crippen LogP contribution is -2.23. The molecule has 1 aromatic heterocycles. The molecule has 0 aliphatic carbocycles. The van der Waals surface area contributed by atoms with E-state index < -0.39 is 0 Å². The molecule has 2 amide bonds. The zero-order valence-corrected chi connectivity index (χ0v) is 17.4. The fourth-order valence-electron chi connectivity index (χ4n) is 2.76. The van der Waals surface area contributed by atoms with Crippen LogP contribution in [-0.4, -0.2) is 28.2 Å². The highest BCUT2D eigenvalue weighted by Gasteiger charge is 2.18. The second-order valence-corrected chi connectivity index (χ2v) is 7.07. The van der Waals surface area contributed by atoms with Gasteiger partial charge in [0.2, 0.25) is 5.91 Å². The van der Waals surface area contributed by atoms with Gasteiger partial charge >= 0.3 is 0 Å². The van der Waals surface area contributed by atoms with E-state index in [0.29, 0.717) is 19.0 Å². The van der Waals surface area contributed by atoms with E-state index in [9.17, 15) is 9.59 Å². The third kappa shape index (κ3) is 5.26. The molecular weight excluding hydrogens is 380 g/mol. The summed E-state index contributed by atoms with van der Waals surface area (Å²) in [6.07, 6.45) is 0. The smallest absolute Gasteiger partial charge is 0.272 e. The number of hydrogen-bond acceptors (Lipinski definition) is 4. The van der Waals surface area contributed by atoms with Gasteiger partial charge in [0, 0.05) is 18.5 Å². The largest absolute Gasteiger partial charge is 0.494 e. The number of anilines is 1. The highest BCUT2D eigenvalue weighted by atomic mass is 16.5. The first kappa shape index (κ1) is 21.1. The van der Waals surface area contributed by atoms with Gasteiger partial charge in [-0.2, -0.15) is 5.10 Å². The van der Waals surface area contributed by atoms with Crippen molar-refractivity contribution in [3.63, 3.8) is 0 Å². The number of hydrogen-bond donors (Lipinski definition) is 2. The minimum atomic E-state index is -0.321. The van der Waals surface area contributed by atoms with Crippen molar-refractivity contribution in [1.82, 2.24) is 15.1 Å². The van der Waals surface area contributed by atoms with Crippen molar-refractivity contribution in [3.8, 4) is 11.4 Å². The van der Waals surface area contributed by atoms with Crippen LogP contribution >= 0.6 is 0 Å². The highest BCUT2D eigenvalue weighted by Crippen LogP contribution is 2.18. The highest BCUT2D eigenvalue weighted by molar-refractivity contribution is 5.96. The number of nitrogens with zero attached hydrogens (tertiary/aromatic N) is 2. The van der Waals surface area contributed by atoms with Crippen LogP contribution < -0.4 is 15.4 Å². The Bertz CT molecular complexity index is 995. The van der Waals surface area contributed by atoms with Crippen LogP contribution in [0.4, 0.5) is 5.82 Å². The Hall–Kier alpha value is -3.61. The summed E-state index contributed by atoms with van der Waals surface area (Å²) in [7, 11) is 0. The van der Waals surface area contributed by atoms with Crippen LogP contribution in [0, 0.1) is 5.92 Å². The molecule has 0 aliphatic rings. The summed E-state index contributed by atoms with van der Waals surface area (Å²) < 4.78 is 6.99. The molecule has 3 rings (SSSR count). The fraction of sp³-hybridized carbons (Fsp3) is 0.261. The standard InChI is InChI=1S/C23H26N4O3/c1-4-30-19-12-10-17(11-13-19)15-24-23(29)20-14-21(25-22(28)16(2)3)27(26-20)18-8-6-5-7-9-18/h5-14,16H,4,15H2,1-3H3,(H,24,29)(H,25,28). The summed E-state index contributed by atoms with van der Waals surface area (Å²) in [5.74, 6) is 0.582. The van der Waals surface area contributed by atoms with E-state index in [1.54, 1.807) is 10.7 Å². The minimum Gasteiger partial charge on any atom is -0.494 e. The first-order valence-electron chi connectivity index (χ1n) is 9.94. The second kappa shape index (κ2) is 9.73. The van der Waals surface area contributed by atoms with Gasteiger partial charge in [-0.15, -0.1) is 0 Å². The van der Waals surface area contributed by atoms with Gasteiger partial charge in [-0.25, -0.2) is 4.68 Å². The molecule has 3 aromatic rings. The molecule has 0 saturated carbocycles. The lowest BCUT2D eigenvalue weighted by molar-refractivity contribution is -0.118. The molecule has 0 saturated heterocycles. The summed E-state index contributed by atoms with van der Waals surface area (Å²) in [6, 6.07) is 18.5. The Labute approximate surface area is 176 Å². The molecular formula is C23H26N4O3. The third-order valence-electron chi connectivity index (χ3n) is 4.41. The van der Waals surface area contributed by atoms with Crippen LogP contribution in [0.3, 0.4) is 0 Å². The SMILES string of the molecule is CCOc1ccc(CNC(=O)c2cc(NC(=O)C(C)C)n(-c3ccccc3)n2)cc1. The molecule has 1 heterocycles. The maximum Gasteiger partial charge on any atom is 0.272 e. The van der Waals surface area contributed by atoms with Gasteiger partial charge < -0.3 is 15.4 Å². The van der Waals surface area contributed by atoms with Gasteiger partial charge in [-0.05, 0) is 36.8 Å². The average molecular weight is 406 g/mol. The van der Waals surface area contributed by atoms with Crippen molar-refractivity contribution >= 4 is 17.6 Å². The van der Waals surface area contributed by atoms with E-state index >= 15 is 0 Å². The predicted molar refractivity (Wildman–Crippen MR) is 116 cm³/mol. The van der Waals surface area contributed by atoms with Gasteiger partial charge in [0.15, 0.2) is 5.69 Å². The second-order valence-electron chi connectivity index (χ2n) is 7.07. The van der Waals surface area contributed by atoms with Crippen LogP contribution in [0.25, 0.3) is 5.69 Å². The topological polar surface area (TPSA) is 85.3 Å². The average Bonchev–Trinajstić information content (AvgIpc) is 3.17. The lowest BCUT2D eigenvalue weighted by Gasteiger charge is -2.10. The molecule has 2 N–H and O–H groups in total. The summed E-state index contributed by atoms with van der Waals surface area (Å²) in [5.41, 5.74) is 1.92. The van der Waals surface area contributed by atoms with Gasteiger partial charge in [0.1, 0.15) is 11.6 Å². The van der Waals surface area contributed by atoms with Gasteiger partial charge in [0.05, 0.1) is 12.3 Å². The number of carbonyl (C=O) groups is 2. The van der Waals surface area contributed by atoms with Crippen molar-refractivity contribution in [2.75, 3.05) is 11.9 Å². The number of aromatic nitrogens is 2. The first-order chi connectivity index (χ1) is 14.5. The van der Waals surface area contributed by atoms with Crippen LogP contribution in [0.2, 0.25) is 0 Å². The number of benzene rings is 2. The molecule has 0 atom stereocenters. The molecule has 7 heteroatoms. The van der Waals surface area contributed by atoms with E-state index in [1.807, 2.05) is 75.4 Å². The summed E-state index contributed by atoms with van der Waals surface area (Å²) in [4.78, 5) is 24.9. The monoisotopic (exact) mass is 406 g/mol. The number of ether oxygens (including phenoxy) is 1. The lowest BCUT2D eigenvalue weighted by atomic mass is 10.2. The predicted octanol–water partition coefficient (Wildman–Crippen LogP) is 3.80. The number of nitrogens with one attached hydrogen (secondary N) is 2. The summed E-state index contributed by atoms with van der Waals surface area (Å²) in [5, 5.41) is 10.1. The van der Waals surface area contributed by atoms with E-state index in [-0.39, 0.29) is 23.4 Å². The molecule has 0 aliphatic heterocycles. The van der Waals surface area contributed by atoms with Crippen LogP contribution in [0.5, 0.6) is 5.75 Å². The first-order valence-corrected chi connectivity index (χ1v) is 9.94. The summed E-state index contributed by atoms with van der Waals surface area (Å²) >= 11 is 0. The molecule has 0 fully saturated rings. The van der Waals surface area contributed by atoms with Crippen molar-refractivity contribution in [2.45, 2.75) is 27.3 Å². The Balaban J connectivity index is 1.76. The normalized spacial score (nSPS) is 10.7. The quantitative estimate of drug-likeness (QED) is 0.596. The Morgan fingerprint density at radius 3 is 2.40 bits per heavy atom. The van der Waals surface area contributed by atoms with Crippen molar-refractivity contribution in [1.29, 1.82) is 0 Å². The number of para-hydroxylation sites is 1. The molecule has 0 radical (unpaired) electrons. The van der Waals surface area contributed by atoms with Gasteiger partial charge in [-0.1, -0.05) is 44.2 Å². The third-order valence-corrected chi connectivity index (χ3v) is 4.41. The van der Waals surface area contributed by atoms with E-state index in [0.717, 1.165) is 17.0 Å². The number of carbonyl (C=O) groups excluding carboxylic acids is 2. The van der Waals surface area contributed by atoms with Crippen LogP contribution in [-0.2, 0) is 11.3 Å². The van der Waals surface area contributed by atoms with Crippen molar-refractivity contribution < 1.29 is 14.3 Å². The molecule has 0 unspecified atom stereocenters. The minimum absolute atomic E-state index is 0.145. The van der Waals surface area contributed by atoms with Gasteiger partial charge in [0.25, 0.3) is 5.91 Å². The summed E-state index contributed by atoms with van der Waals surface area (Å²) in [6.45, 7) is 6.51. The fourth-order valence-corrected chi connectivity index (χ4v) is 2.76. The molecule has 0 bridgehead atoms. The number of amides is 2. The van der Waals surface area contributed by atoms with E-state index in [2.05, 4.69) is 15.7 Å². The van der Waals surface area contributed by atoms with Crippen LogP contribution in [0.15, 0.2) is 60.7 Å². The molecule has 30 heavy (non-hydrogen) atoms. The Morgan fingerprint density at radius 1 is 1.07 bits per heavy atom. The Morgan fingerprint density at radius 2 is 1.77 bits per heavy atom. The van der Waals surface area contributed by atoms with E-state index in [1.165, 1.54) is 0 Å².